The van der Waals surface area contributed by atoms with E-state index in [0.29, 0.717) is 29.6 Å². The minimum Gasteiger partial charge on any atom is -0.491 e. The van der Waals surface area contributed by atoms with Crippen LogP contribution in [-0.2, 0) is 0 Å². The van der Waals surface area contributed by atoms with Crippen LogP contribution in [0.1, 0.15) is 13.3 Å². The van der Waals surface area contributed by atoms with Crippen LogP contribution < -0.4 is 10.1 Å². The molecule has 0 aliphatic rings. The first kappa shape index (κ1) is 17.3. The van der Waals surface area contributed by atoms with E-state index in [1.807, 2.05) is 6.92 Å². The molecule has 0 aromatic heterocycles. The summed E-state index contributed by atoms with van der Waals surface area (Å²) in [7, 11) is 0. The topological polar surface area (TPSA) is 61.8 Å². The maximum Gasteiger partial charge on any atom is 0.322 e. The fourth-order valence-electron chi connectivity index (χ4n) is 1.68. The number of carbonyl (C=O) groups excluding carboxylic acids is 1. The van der Waals surface area contributed by atoms with E-state index >= 15 is 0 Å². The summed E-state index contributed by atoms with van der Waals surface area (Å²) in [4.78, 5) is 13.6. The Morgan fingerprint density at radius 2 is 2.33 bits per heavy atom. The fourth-order valence-corrected chi connectivity index (χ4v) is 1.86. The summed E-state index contributed by atoms with van der Waals surface area (Å²) < 4.78 is 5.58. The molecule has 5 nitrogen and oxygen atoms in total. The summed E-state index contributed by atoms with van der Waals surface area (Å²) in [5.41, 5.74) is 0.507. The van der Waals surface area contributed by atoms with Crippen molar-refractivity contribution in [1.29, 1.82) is 0 Å². The molecular formula is C15H21ClN2O3. The van der Waals surface area contributed by atoms with E-state index in [2.05, 4.69) is 11.9 Å². The van der Waals surface area contributed by atoms with Gasteiger partial charge in [0.15, 0.2) is 0 Å². The van der Waals surface area contributed by atoms with Crippen LogP contribution in [0, 0.1) is 0 Å². The minimum atomic E-state index is -0.340. The summed E-state index contributed by atoms with van der Waals surface area (Å²) in [5.74, 6) is 0.567. The predicted octanol–water partition coefficient (Wildman–Crippen LogP) is 3.14. The molecule has 0 saturated carbocycles. The molecule has 116 valence electrons. The lowest BCUT2D eigenvalue weighted by Gasteiger charge is -2.21. The number of carbonyl (C=O) groups is 1. The Hall–Kier alpha value is -1.72. The molecule has 0 atom stereocenters. The molecule has 0 spiro atoms. The Morgan fingerprint density at radius 1 is 1.57 bits per heavy atom. The summed E-state index contributed by atoms with van der Waals surface area (Å²) in [6.07, 6.45) is 2.46. The van der Waals surface area contributed by atoms with Gasteiger partial charge in [-0.25, -0.2) is 4.79 Å². The van der Waals surface area contributed by atoms with E-state index in [1.165, 1.54) is 4.90 Å². The van der Waals surface area contributed by atoms with E-state index in [-0.39, 0.29) is 19.2 Å². The summed E-state index contributed by atoms with van der Waals surface area (Å²) in [6.45, 7) is 6.61. The van der Waals surface area contributed by atoms with Gasteiger partial charge in [0.2, 0.25) is 0 Å². The van der Waals surface area contributed by atoms with Gasteiger partial charge in [-0.2, -0.15) is 0 Å². The molecule has 1 aromatic carbocycles. The van der Waals surface area contributed by atoms with Crippen LogP contribution in [0.3, 0.4) is 0 Å². The molecule has 2 amide bonds. The van der Waals surface area contributed by atoms with E-state index in [0.717, 1.165) is 6.42 Å². The molecule has 0 aliphatic heterocycles. The number of aliphatic hydroxyl groups excluding tert-OH is 1. The van der Waals surface area contributed by atoms with Gasteiger partial charge in [-0.05, 0) is 24.6 Å². The monoisotopic (exact) mass is 312 g/mol. The lowest BCUT2D eigenvalue weighted by atomic mass is 10.3. The molecule has 0 heterocycles. The van der Waals surface area contributed by atoms with Crippen molar-refractivity contribution in [3.8, 4) is 5.75 Å². The third kappa shape index (κ3) is 5.65. The minimum absolute atomic E-state index is 0.115. The Labute approximate surface area is 130 Å². The molecular weight excluding hydrogens is 292 g/mol. The number of halogens is 1. The van der Waals surface area contributed by atoms with Crippen LogP contribution in [0.2, 0.25) is 5.02 Å². The number of amides is 2. The second-order valence-electron chi connectivity index (χ2n) is 4.38. The van der Waals surface area contributed by atoms with Gasteiger partial charge in [0, 0.05) is 18.1 Å². The number of anilines is 1. The first-order valence-corrected chi connectivity index (χ1v) is 7.20. The van der Waals surface area contributed by atoms with Crippen LogP contribution in [0.15, 0.2) is 30.9 Å². The zero-order valence-corrected chi connectivity index (χ0v) is 12.9. The molecule has 0 unspecified atom stereocenters. The van der Waals surface area contributed by atoms with Crippen molar-refractivity contribution in [3.63, 3.8) is 0 Å². The van der Waals surface area contributed by atoms with E-state index < -0.39 is 0 Å². The molecule has 0 bridgehead atoms. The zero-order chi connectivity index (χ0) is 15.7. The third-order valence-corrected chi connectivity index (χ3v) is 2.89. The van der Waals surface area contributed by atoms with Gasteiger partial charge < -0.3 is 20.1 Å². The Bertz CT molecular complexity index is 480. The second-order valence-corrected chi connectivity index (χ2v) is 4.81. The molecule has 21 heavy (non-hydrogen) atoms. The summed E-state index contributed by atoms with van der Waals surface area (Å²) >= 11 is 5.96. The van der Waals surface area contributed by atoms with Crippen molar-refractivity contribution in [3.05, 3.63) is 35.9 Å². The molecule has 1 rings (SSSR count). The number of nitrogens with zero attached hydrogens (tertiary/aromatic N) is 1. The Balaban J connectivity index is 2.85. The highest BCUT2D eigenvalue weighted by molar-refractivity contribution is 6.31. The van der Waals surface area contributed by atoms with Crippen LogP contribution in [0.5, 0.6) is 5.75 Å². The van der Waals surface area contributed by atoms with Crippen molar-refractivity contribution in [2.24, 2.45) is 0 Å². The van der Waals surface area contributed by atoms with Crippen molar-refractivity contribution in [2.45, 2.75) is 13.3 Å². The number of benzene rings is 1. The van der Waals surface area contributed by atoms with Gasteiger partial charge in [-0.3, -0.25) is 0 Å². The Kier molecular flexibility index (Phi) is 7.64. The van der Waals surface area contributed by atoms with E-state index in [9.17, 15) is 4.79 Å². The molecule has 0 radical (unpaired) electrons. The third-order valence-electron chi connectivity index (χ3n) is 2.65. The van der Waals surface area contributed by atoms with Crippen molar-refractivity contribution >= 4 is 23.3 Å². The number of ether oxygens (including phenoxy) is 1. The number of hydrogen-bond acceptors (Lipinski definition) is 3. The molecule has 1 aromatic rings. The maximum absolute atomic E-state index is 12.2. The van der Waals surface area contributed by atoms with E-state index in [1.54, 1.807) is 24.3 Å². The SMILES string of the molecule is C=CCN(CCO)C(=O)Nc1cc(Cl)ccc1OCCC. The highest BCUT2D eigenvalue weighted by Gasteiger charge is 2.14. The van der Waals surface area contributed by atoms with Crippen molar-refractivity contribution in [1.82, 2.24) is 4.90 Å². The zero-order valence-electron chi connectivity index (χ0n) is 12.1. The van der Waals surface area contributed by atoms with Gasteiger partial charge >= 0.3 is 6.03 Å². The molecule has 0 saturated heterocycles. The molecule has 0 fully saturated rings. The largest absolute Gasteiger partial charge is 0.491 e. The van der Waals surface area contributed by atoms with Gasteiger partial charge in [0.05, 0.1) is 18.9 Å². The van der Waals surface area contributed by atoms with Crippen LogP contribution in [0.4, 0.5) is 10.5 Å². The lowest BCUT2D eigenvalue weighted by molar-refractivity contribution is 0.195. The lowest BCUT2D eigenvalue weighted by Crippen LogP contribution is -2.37. The molecule has 0 aliphatic carbocycles. The molecule has 2 N–H and O–H groups in total. The average molecular weight is 313 g/mol. The summed E-state index contributed by atoms with van der Waals surface area (Å²) in [5, 5.41) is 12.2. The van der Waals surface area contributed by atoms with Gasteiger partial charge in [-0.1, -0.05) is 24.6 Å². The summed E-state index contributed by atoms with van der Waals surface area (Å²) in [6, 6.07) is 4.72. The van der Waals surface area contributed by atoms with Gasteiger partial charge in [0.25, 0.3) is 0 Å². The highest BCUT2D eigenvalue weighted by Crippen LogP contribution is 2.28. The highest BCUT2D eigenvalue weighted by atomic mass is 35.5. The smallest absolute Gasteiger partial charge is 0.322 e. The fraction of sp³-hybridized carbons (Fsp3) is 0.400. The van der Waals surface area contributed by atoms with Crippen molar-refractivity contribution < 1.29 is 14.6 Å². The standard InChI is InChI=1S/C15H21ClN2O3/c1-3-7-18(8-9-19)15(20)17-13-11-12(16)5-6-14(13)21-10-4-2/h3,5-6,11,19H,1,4,7-10H2,2H3,(H,17,20). The number of rotatable bonds is 8. The number of urea groups is 1. The number of aliphatic hydroxyl groups is 1. The maximum atomic E-state index is 12.2. The predicted molar refractivity (Wildman–Crippen MR) is 85.1 cm³/mol. The average Bonchev–Trinajstić information content (AvgIpc) is 2.46. The molecule has 6 heteroatoms. The van der Waals surface area contributed by atoms with Gasteiger partial charge in [0.1, 0.15) is 5.75 Å². The van der Waals surface area contributed by atoms with Crippen LogP contribution in [0.25, 0.3) is 0 Å². The number of nitrogens with one attached hydrogen (secondary N) is 1. The first-order chi connectivity index (χ1) is 10.1. The van der Waals surface area contributed by atoms with Crippen LogP contribution in [-0.4, -0.2) is 42.3 Å². The second kappa shape index (κ2) is 9.26. The first-order valence-electron chi connectivity index (χ1n) is 6.82. The van der Waals surface area contributed by atoms with Crippen molar-refractivity contribution in [2.75, 3.05) is 31.6 Å². The van der Waals surface area contributed by atoms with Crippen LogP contribution >= 0.6 is 11.6 Å². The number of hydrogen-bond donors (Lipinski definition) is 2. The quantitative estimate of drug-likeness (QED) is 0.725. The Morgan fingerprint density at radius 3 is 2.95 bits per heavy atom. The van der Waals surface area contributed by atoms with E-state index in [4.69, 9.17) is 21.4 Å². The normalized spacial score (nSPS) is 10.0. The van der Waals surface area contributed by atoms with Gasteiger partial charge in [-0.15, -0.1) is 6.58 Å².